The van der Waals surface area contributed by atoms with Gasteiger partial charge < -0.3 is 4.74 Å². The summed E-state index contributed by atoms with van der Waals surface area (Å²) in [5.74, 6) is -0.537. The van der Waals surface area contributed by atoms with E-state index in [-0.39, 0.29) is 0 Å². The van der Waals surface area contributed by atoms with E-state index in [4.69, 9.17) is 10.00 Å². The third kappa shape index (κ3) is 4.73. The summed E-state index contributed by atoms with van der Waals surface area (Å²) < 4.78 is 4.84. The SMILES string of the molecule is CC(C)CCOC(=O)C(C)C#N. The van der Waals surface area contributed by atoms with Gasteiger partial charge in [0.05, 0.1) is 12.7 Å². The smallest absolute Gasteiger partial charge is 0.323 e. The highest BCUT2D eigenvalue weighted by Gasteiger charge is 2.12. The highest BCUT2D eigenvalue weighted by Crippen LogP contribution is 2.01. The number of nitriles is 1. The van der Waals surface area contributed by atoms with E-state index in [2.05, 4.69) is 13.8 Å². The summed E-state index contributed by atoms with van der Waals surface area (Å²) in [5.41, 5.74) is 0. The van der Waals surface area contributed by atoms with Crippen molar-refractivity contribution in [1.29, 1.82) is 5.26 Å². The zero-order valence-corrected chi connectivity index (χ0v) is 7.83. The average molecular weight is 169 g/mol. The van der Waals surface area contributed by atoms with Crippen LogP contribution < -0.4 is 0 Å². The van der Waals surface area contributed by atoms with Crippen LogP contribution in [0.3, 0.4) is 0 Å². The molecule has 0 fully saturated rings. The average Bonchev–Trinajstić information content (AvgIpc) is 2.02. The van der Waals surface area contributed by atoms with Crippen LogP contribution in [0, 0.1) is 23.2 Å². The van der Waals surface area contributed by atoms with Crippen molar-refractivity contribution < 1.29 is 9.53 Å². The van der Waals surface area contributed by atoms with Crippen LogP contribution in [0.25, 0.3) is 0 Å². The highest BCUT2D eigenvalue weighted by atomic mass is 16.5. The van der Waals surface area contributed by atoms with Gasteiger partial charge in [-0.2, -0.15) is 5.26 Å². The lowest BCUT2D eigenvalue weighted by atomic mass is 10.1. The maximum Gasteiger partial charge on any atom is 0.323 e. The van der Waals surface area contributed by atoms with E-state index in [1.807, 2.05) is 6.07 Å². The second-order valence-electron chi connectivity index (χ2n) is 3.20. The minimum atomic E-state index is -0.642. The summed E-state index contributed by atoms with van der Waals surface area (Å²) >= 11 is 0. The molecule has 0 aliphatic rings. The second-order valence-corrected chi connectivity index (χ2v) is 3.20. The summed E-state index contributed by atoms with van der Waals surface area (Å²) in [7, 11) is 0. The summed E-state index contributed by atoms with van der Waals surface area (Å²) in [6, 6.07) is 1.83. The van der Waals surface area contributed by atoms with Crippen LogP contribution in [-0.2, 0) is 9.53 Å². The molecule has 0 N–H and O–H groups in total. The Labute approximate surface area is 73.3 Å². The first kappa shape index (κ1) is 11.0. The standard InChI is InChI=1S/C9H15NO2/c1-7(2)4-5-12-9(11)8(3)6-10/h7-8H,4-5H2,1-3H3. The van der Waals surface area contributed by atoms with Gasteiger partial charge in [-0.05, 0) is 19.3 Å². The molecule has 0 aliphatic carbocycles. The Morgan fingerprint density at radius 3 is 2.50 bits per heavy atom. The molecule has 1 unspecified atom stereocenters. The van der Waals surface area contributed by atoms with Crippen molar-refractivity contribution in [2.24, 2.45) is 11.8 Å². The van der Waals surface area contributed by atoms with Gasteiger partial charge >= 0.3 is 5.97 Å². The van der Waals surface area contributed by atoms with E-state index >= 15 is 0 Å². The number of rotatable bonds is 4. The lowest BCUT2D eigenvalue weighted by Gasteiger charge is -2.06. The fraction of sp³-hybridized carbons (Fsp3) is 0.778. The van der Waals surface area contributed by atoms with Crippen molar-refractivity contribution in [3.63, 3.8) is 0 Å². The van der Waals surface area contributed by atoms with Crippen molar-refractivity contribution in [3.05, 3.63) is 0 Å². The van der Waals surface area contributed by atoms with E-state index < -0.39 is 11.9 Å². The molecule has 0 aromatic heterocycles. The largest absolute Gasteiger partial charge is 0.465 e. The number of carbonyl (C=O) groups excluding carboxylic acids is 1. The van der Waals surface area contributed by atoms with Crippen LogP contribution in [-0.4, -0.2) is 12.6 Å². The van der Waals surface area contributed by atoms with Gasteiger partial charge in [0.25, 0.3) is 0 Å². The lowest BCUT2D eigenvalue weighted by molar-refractivity contribution is -0.146. The number of hydrogen-bond acceptors (Lipinski definition) is 3. The van der Waals surface area contributed by atoms with E-state index in [1.54, 1.807) is 0 Å². The van der Waals surface area contributed by atoms with Gasteiger partial charge in [-0.3, -0.25) is 4.79 Å². The predicted molar refractivity (Wildman–Crippen MR) is 45.2 cm³/mol. The molecule has 0 amide bonds. The zero-order chi connectivity index (χ0) is 9.56. The van der Waals surface area contributed by atoms with Crippen molar-refractivity contribution in [3.8, 4) is 6.07 Å². The minimum absolute atomic E-state index is 0.418. The summed E-state index contributed by atoms with van der Waals surface area (Å²) in [6.45, 7) is 6.07. The van der Waals surface area contributed by atoms with Crippen molar-refractivity contribution >= 4 is 5.97 Å². The lowest BCUT2D eigenvalue weighted by Crippen LogP contribution is -2.14. The third-order valence-electron chi connectivity index (χ3n) is 1.49. The fourth-order valence-corrected chi connectivity index (χ4v) is 0.573. The Kier molecular flexibility index (Phi) is 5.11. The molecule has 0 radical (unpaired) electrons. The Morgan fingerprint density at radius 1 is 1.50 bits per heavy atom. The molecule has 0 bridgehead atoms. The molecule has 12 heavy (non-hydrogen) atoms. The predicted octanol–water partition coefficient (Wildman–Crippen LogP) is 1.74. The maximum atomic E-state index is 10.9. The van der Waals surface area contributed by atoms with Gasteiger partial charge in [-0.25, -0.2) is 0 Å². The van der Waals surface area contributed by atoms with Crippen molar-refractivity contribution in [2.45, 2.75) is 27.2 Å². The molecular formula is C9H15NO2. The number of esters is 1. The molecule has 0 spiro atoms. The Hall–Kier alpha value is -1.04. The van der Waals surface area contributed by atoms with Gasteiger partial charge in [0.2, 0.25) is 0 Å². The molecule has 3 nitrogen and oxygen atoms in total. The van der Waals surface area contributed by atoms with Gasteiger partial charge in [0, 0.05) is 0 Å². The molecule has 0 rings (SSSR count). The molecule has 0 saturated heterocycles. The first-order chi connectivity index (χ1) is 5.57. The number of carbonyl (C=O) groups is 1. The van der Waals surface area contributed by atoms with Gasteiger partial charge in [0.15, 0.2) is 0 Å². The van der Waals surface area contributed by atoms with E-state index in [1.165, 1.54) is 6.92 Å². The van der Waals surface area contributed by atoms with Gasteiger partial charge in [-0.1, -0.05) is 13.8 Å². The van der Waals surface area contributed by atoms with Crippen LogP contribution in [0.5, 0.6) is 0 Å². The number of hydrogen-bond donors (Lipinski definition) is 0. The second kappa shape index (κ2) is 5.59. The third-order valence-corrected chi connectivity index (χ3v) is 1.49. The molecule has 3 heteroatoms. The number of nitrogens with zero attached hydrogens (tertiary/aromatic N) is 1. The molecule has 68 valence electrons. The van der Waals surface area contributed by atoms with Crippen LogP contribution in [0.2, 0.25) is 0 Å². The molecule has 0 aromatic carbocycles. The molecular weight excluding hydrogens is 154 g/mol. The molecule has 0 saturated carbocycles. The monoisotopic (exact) mass is 169 g/mol. The van der Waals surface area contributed by atoms with Crippen LogP contribution in [0.4, 0.5) is 0 Å². The molecule has 0 heterocycles. The van der Waals surface area contributed by atoms with Gasteiger partial charge in [-0.15, -0.1) is 0 Å². The first-order valence-electron chi connectivity index (χ1n) is 4.14. The quantitative estimate of drug-likeness (QED) is 0.602. The first-order valence-corrected chi connectivity index (χ1v) is 4.14. The van der Waals surface area contributed by atoms with E-state index in [9.17, 15) is 4.79 Å². The maximum absolute atomic E-state index is 10.9. The topological polar surface area (TPSA) is 50.1 Å². The molecule has 0 aromatic rings. The Balaban J connectivity index is 3.53. The Morgan fingerprint density at radius 2 is 2.08 bits per heavy atom. The minimum Gasteiger partial charge on any atom is -0.465 e. The summed E-state index contributed by atoms with van der Waals surface area (Å²) in [5, 5.41) is 8.36. The van der Waals surface area contributed by atoms with Crippen molar-refractivity contribution in [1.82, 2.24) is 0 Å². The van der Waals surface area contributed by atoms with Crippen LogP contribution in [0.1, 0.15) is 27.2 Å². The zero-order valence-electron chi connectivity index (χ0n) is 7.83. The summed E-state index contributed by atoms with van der Waals surface area (Å²) in [6.07, 6.45) is 0.851. The van der Waals surface area contributed by atoms with Crippen LogP contribution >= 0.6 is 0 Å². The fourth-order valence-electron chi connectivity index (χ4n) is 0.573. The van der Waals surface area contributed by atoms with Gasteiger partial charge in [0.1, 0.15) is 5.92 Å². The Bertz CT molecular complexity index is 181. The van der Waals surface area contributed by atoms with Crippen molar-refractivity contribution in [2.75, 3.05) is 6.61 Å². The highest BCUT2D eigenvalue weighted by molar-refractivity contribution is 5.74. The van der Waals surface area contributed by atoms with E-state index in [0.29, 0.717) is 12.5 Å². The number of ether oxygens (including phenoxy) is 1. The normalized spacial score (nSPS) is 12.2. The van der Waals surface area contributed by atoms with E-state index in [0.717, 1.165) is 6.42 Å². The van der Waals surface area contributed by atoms with Crippen LogP contribution in [0.15, 0.2) is 0 Å². The molecule has 1 atom stereocenters. The summed E-state index contributed by atoms with van der Waals surface area (Å²) in [4.78, 5) is 10.9. The molecule has 0 aliphatic heterocycles.